The molecule has 1 saturated carbocycles. The number of nitrogens with two attached hydrogens (primary N) is 1. The Kier molecular flexibility index (Phi) is 6.62. The number of carbonyl (C=O) groups is 1. The van der Waals surface area contributed by atoms with Crippen LogP contribution in [0.4, 0.5) is 11.6 Å². The molecule has 1 aromatic carbocycles. The number of aromatic nitrogens is 3. The van der Waals surface area contributed by atoms with Crippen LogP contribution in [0, 0.1) is 5.92 Å². The fourth-order valence-corrected chi connectivity index (χ4v) is 5.31. The molecule has 10 nitrogen and oxygen atoms in total. The van der Waals surface area contributed by atoms with Gasteiger partial charge >= 0.3 is 0 Å². The fraction of sp³-hybridized carbons (Fsp3) is 0.481. The highest BCUT2D eigenvalue weighted by molar-refractivity contribution is 5.99. The molecular formula is C27H32N6O4. The van der Waals surface area contributed by atoms with E-state index < -0.39 is 0 Å². The van der Waals surface area contributed by atoms with Crippen molar-refractivity contribution in [1.29, 1.82) is 0 Å². The van der Waals surface area contributed by atoms with Crippen LogP contribution >= 0.6 is 0 Å². The van der Waals surface area contributed by atoms with Gasteiger partial charge in [-0.25, -0.2) is 4.98 Å². The van der Waals surface area contributed by atoms with E-state index in [0.29, 0.717) is 56.9 Å². The highest BCUT2D eigenvalue weighted by Crippen LogP contribution is 2.37. The van der Waals surface area contributed by atoms with Gasteiger partial charge in [0, 0.05) is 36.7 Å². The largest absolute Gasteiger partial charge is 0.383 e. The zero-order chi connectivity index (χ0) is 25.4. The van der Waals surface area contributed by atoms with Crippen LogP contribution in [0.25, 0.3) is 10.9 Å². The van der Waals surface area contributed by atoms with Crippen molar-refractivity contribution < 1.29 is 19.0 Å². The molecule has 6 rings (SSSR count). The molecule has 0 bridgehead atoms. The Bertz CT molecular complexity index is 1290. The highest BCUT2D eigenvalue weighted by atomic mass is 16.5. The van der Waals surface area contributed by atoms with Crippen molar-refractivity contribution in [1.82, 2.24) is 20.1 Å². The number of nitrogens with zero attached hydrogens (tertiary/aromatic N) is 5. The first-order valence-electron chi connectivity index (χ1n) is 12.9. The van der Waals surface area contributed by atoms with E-state index in [4.69, 9.17) is 19.9 Å². The van der Waals surface area contributed by atoms with E-state index in [9.17, 15) is 4.79 Å². The van der Waals surface area contributed by atoms with Gasteiger partial charge < -0.3 is 29.7 Å². The van der Waals surface area contributed by atoms with E-state index >= 15 is 0 Å². The second-order valence-electron chi connectivity index (χ2n) is 9.95. The monoisotopic (exact) mass is 504 g/mol. The predicted molar refractivity (Wildman–Crippen MR) is 138 cm³/mol. The smallest absolute Gasteiger partial charge is 0.254 e. The lowest BCUT2D eigenvalue weighted by molar-refractivity contribution is 0.0454. The first-order chi connectivity index (χ1) is 18.1. The Morgan fingerprint density at radius 2 is 1.95 bits per heavy atom. The average molecular weight is 505 g/mol. The summed E-state index contributed by atoms with van der Waals surface area (Å²) in [5.74, 6) is 1.69. The van der Waals surface area contributed by atoms with Crippen LogP contribution in [0.3, 0.4) is 0 Å². The molecular weight excluding hydrogens is 472 g/mol. The summed E-state index contributed by atoms with van der Waals surface area (Å²) in [7, 11) is 1.68. The second-order valence-corrected chi connectivity index (χ2v) is 9.95. The zero-order valence-corrected chi connectivity index (χ0v) is 21.1. The molecule has 1 amide bonds. The molecule has 2 aliphatic heterocycles. The third kappa shape index (κ3) is 4.84. The fourth-order valence-electron chi connectivity index (χ4n) is 5.31. The molecule has 2 aromatic heterocycles. The normalized spacial score (nSPS) is 18.1. The quantitative estimate of drug-likeness (QED) is 0.494. The maximum Gasteiger partial charge on any atom is 0.254 e. The van der Waals surface area contributed by atoms with Gasteiger partial charge in [-0.15, -0.1) is 5.10 Å². The van der Waals surface area contributed by atoms with Crippen LogP contribution in [0.15, 0.2) is 30.3 Å². The molecule has 1 unspecified atom stereocenters. The number of morpholine rings is 1. The van der Waals surface area contributed by atoms with Crippen molar-refractivity contribution in [2.45, 2.75) is 38.6 Å². The molecule has 0 spiro atoms. The highest BCUT2D eigenvalue weighted by Gasteiger charge is 2.38. The van der Waals surface area contributed by atoms with E-state index in [1.165, 1.54) is 0 Å². The standard InChI is InChI=1S/C27H32N6O4/c1-35-16-24(17-2-3-17)33(13-19-5-7-25(31-30-19)32-8-10-36-11-9-32)27(34)18-4-6-23-20(12-18)21-14-37-15-22(21)26(28)29-23/h4-7,12,17,24H,2-3,8-11,13-16H2,1H3,(H2,28,29). The molecule has 1 aliphatic carbocycles. The van der Waals surface area contributed by atoms with Crippen LogP contribution in [0.5, 0.6) is 0 Å². The maximum atomic E-state index is 14.0. The van der Waals surface area contributed by atoms with Gasteiger partial charge in [-0.1, -0.05) is 0 Å². The SMILES string of the molecule is COCC(C1CC1)N(Cc1ccc(N2CCOCC2)nn1)C(=O)c1ccc2nc(N)c3c(c2c1)COC3. The first kappa shape index (κ1) is 24.0. The minimum atomic E-state index is -0.0561. The number of methoxy groups -OCH3 is 1. The average Bonchev–Trinajstić information content (AvgIpc) is 3.65. The van der Waals surface area contributed by atoms with E-state index in [1.807, 2.05) is 35.2 Å². The zero-order valence-electron chi connectivity index (χ0n) is 21.1. The lowest BCUT2D eigenvalue weighted by atomic mass is 10.0. The molecule has 194 valence electrons. The van der Waals surface area contributed by atoms with Crippen LogP contribution in [0.1, 0.15) is 40.0 Å². The molecule has 3 aliphatic rings. The summed E-state index contributed by atoms with van der Waals surface area (Å²) in [6.07, 6.45) is 2.18. The summed E-state index contributed by atoms with van der Waals surface area (Å²) < 4.78 is 16.6. The number of carbonyl (C=O) groups excluding carboxylic acids is 1. The lowest BCUT2D eigenvalue weighted by Gasteiger charge is -2.32. The summed E-state index contributed by atoms with van der Waals surface area (Å²) in [6, 6.07) is 9.53. The van der Waals surface area contributed by atoms with Crippen LogP contribution < -0.4 is 10.6 Å². The van der Waals surface area contributed by atoms with Gasteiger partial charge in [0.25, 0.3) is 5.91 Å². The summed E-state index contributed by atoms with van der Waals surface area (Å²) in [4.78, 5) is 22.6. The molecule has 0 radical (unpaired) electrons. The predicted octanol–water partition coefficient (Wildman–Crippen LogP) is 2.54. The molecule has 37 heavy (non-hydrogen) atoms. The summed E-state index contributed by atoms with van der Waals surface area (Å²) in [6.45, 7) is 4.74. The van der Waals surface area contributed by atoms with E-state index in [1.54, 1.807) is 7.11 Å². The Morgan fingerprint density at radius 3 is 2.68 bits per heavy atom. The molecule has 1 atom stereocenters. The second kappa shape index (κ2) is 10.2. The number of hydrogen-bond acceptors (Lipinski definition) is 9. The van der Waals surface area contributed by atoms with Gasteiger partial charge in [-0.2, -0.15) is 5.10 Å². The lowest BCUT2D eigenvalue weighted by Crippen LogP contribution is -2.44. The van der Waals surface area contributed by atoms with Crippen LogP contribution in [-0.4, -0.2) is 72.1 Å². The van der Waals surface area contributed by atoms with E-state index in [0.717, 1.165) is 59.5 Å². The topological polar surface area (TPSA) is 116 Å². The van der Waals surface area contributed by atoms with Crippen LogP contribution in [0.2, 0.25) is 0 Å². The van der Waals surface area contributed by atoms with Gasteiger partial charge in [0.15, 0.2) is 5.82 Å². The van der Waals surface area contributed by atoms with E-state index in [2.05, 4.69) is 20.1 Å². The number of pyridine rings is 1. The summed E-state index contributed by atoms with van der Waals surface area (Å²) >= 11 is 0. The molecule has 1 saturated heterocycles. The van der Waals surface area contributed by atoms with Gasteiger partial charge in [0.2, 0.25) is 0 Å². The number of hydrogen-bond donors (Lipinski definition) is 1. The van der Waals surface area contributed by atoms with Crippen LogP contribution in [-0.2, 0) is 34.0 Å². The Labute approximate surface area is 215 Å². The number of benzene rings is 1. The van der Waals surface area contributed by atoms with Gasteiger partial charge in [-0.3, -0.25) is 4.79 Å². The number of amides is 1. The minimum Gasteiger partial charge on any atom is -0.383 e. The van der Waals surface area contributed by atoms with Gasteiger partial charge in [-0.05, 0) is 54.7 Å². The Morgan fingerprint density at radius 1 is 1.14 bits per heavy atom. The van der Waals surface area contributed by atoms with Crippen molar-refractivity contribution in [2.75, 3.05) is 50.7 Å². The third-order valence-corrected chi connectivity index (χ3v) is 7.51. The molecule has 3 aromatic rings. The summed E-state index contributed by atoms with van der Waals surface area (Å²) in [5.41, 5.74) is 10.2. The number of anilines is 2. The van der Waals surface area contributed by atoms with Gasteiger partial charge in [0.1, 0.15) is 5.82 Å². The molecule has 4 heterocycles. The number of ether oxygens (including phenoxy) is 3. The molecule has 2 N–H and O–H groups in total. The van der Waals surface area contributed by atoms with Gasteiger partial charge in [0.05, 0.1) is 56.8 Å². The van der Waals surface area contributed by atoms with Crippen molar-refractivity contribution in [3.8, 4) is 0 Å². The van der Waals surface area contributed by atoms with Crippen molar-refractivity contribution in [3.63, 3.8) is 0 Å². The minimum absolute atomic E-state index is 0.0347. The number of rotatable bonds is 8. The van der Waals surface area contributed by atoms with Crippen molar-refractivity contribution >= 4 is 28.4 Å². The van der Waals surface area contributed by atoms with Crippen molar-refractivity contribution in [3.05, 3.63) is 52.7 Å². The summed E-state index contributed by atoms with van der Waals surface area (Å²) in [5, 5.41) is 9.86. The molecule has 10 heteroatoms. The number of fused-ring (bicyclic) bond motifs is 3. The Balaban J connectivity index is 1.31. The maximum absolute atomic E-state index is 14.0. The first-order valence-corrected chi connectivity index (χ1v) is 12.9. The Hall–Kier alpha value is -3.34. The number of nitrogen functional groups attached to an aromatic ring is 1. The van der Waals surface area contributed by atoms with E-state index in [-0.39, 0.29) is 11.9 Å². The van der Waals surface area contributed by atoms with Crippen molar-refractivity contribution in [2.24, 2.45) is 5.92 Å². The third-order valence-electron chi connectivity index (χ3n) is 7.51. The molecule has 2 fully saturated rings.